The average Bonchev–Trinajstić information content (AvgIpc) is 2.76. The number of carbonyl (C=O) groups is 1. The second-order valence-electron chi connectivity index (χ2n) is 7.34. The SMILES string of the molecule is Cc1cc(C=Cc2cc3cnccc3cc2C(=O)Oc2ccc(F)cc2)cc(C)c1O. The van der Waals surface area contributed by atoms with Gasteiger partial charge in [-0.15, -0.1) is 0 Å². The Labute approximate surface area is 179 Å². The van der Waals surface area contributed by atoms with Crippen LogP contribution in [0.5, 0.6) is 11.5 Å². The zero-order valence-corrected chi connectivity index (χ0v) is 17.1. The number of fused-ring (bicyclic) bond motifs is 1. The third-order valence-corrected chi connectivity index (χ3v) is 5.02. The van der Waals surface area contributed by atoms with E-state index in [4.69, 9.17) is 4.74 Å². The largest absolute Gasteiger partial charge is 0.507 e. The average molecular weight is 413 g/mol. The van der Waals surface area contributed by atoms with Crippen molar-refractivity contribution in [1.82, 2.24) is 4.98 Å². The molecule has 0 spiro atoms. The van der Waals surface area contributed by atoms with Crippen molar-refractivity contribution in [1.29, 1.82) is 0 Å². The Morgan fingerprint density at radius 1 is 0.968 bits per heavy atom. The van der Waals surface area contributed by atoms with E-state index < -0.39 is 11.8 Å². The van der Waals surface area contributed by atoms with Crippen LogP contribution in [0.25, 0.3) is 22.9 Å². The van der Waals surface area contributed by atoms with Gasteiger partial charge in [-0.3, -0.25) is 4.98 Å². The number of pyridine rings is 1. The van der Waals surface area contributed by atoms with E-state index >= 15 is 0 Å². The lowest BCUT2D eigenvalue weighted by Gasteiger charge is -2.10. The smallest absolute Gasteiger partial charge is 0.344 e. The zero-order valence-electron chi connectivity index (χ0n) is 17.1. The third kappa shape index (κ3) is 4.46. The van der Waals surface area contributed by atoms with E-state index in [1.54, 1.807) is 18.5 Å². The van der Waals surface area contributed by atoms with Gasteiger partial charge in [-0.05, 0) is 96.1 Å². The molecule has 0 saturated heterocycles. The van der Waals surface area contributed by atoms with Gasteiger partial charge in [0, 0.05) is 17.8 Å². The Morgan fingerprint density at radius 3 is 2.39 bits per heavy atom. The van der Waals surface area contributed by atoms with E-state index in [1.807, 2.05) is 50.3 Å². The summed E-state index contributed by atoms with van der Waals surface area (Å²) in [6.45, 7) is 3.68. The maximum atomic E-state index is 13.2. The molecule has 0 aliphatic rings. The highest BCUT2D eigenvalue weighted by atomic mass is 19.1. The molecule has 4 nitrogen and oxygen atoms in total. The summed E-state index contributed by atoms with van der Waals surface area (Å²) in [6, 6.07) is 14.5. The Hall–Kier alpha value is -3.99. The molecule has 0 atom stereocenters. The quantitative estimate of drug-likeness (QED) is 0.250. The van der Waals surface area contributed by atoms with Crippen molar-refractivity contribution in [2.24, 2.45) is 0 Å². The molecule has 4 aromatic rings. The topological polar surface area (TPSA) is 59.4 Å². The molecule has 1 heterocycles. The van der Waals surface area contributed by atoms with Crippen LogP contribution in [-0.4, -0.2) is 16.1 Å². The number of ether oxygens (including phenoxy) is 1. The van der Waals surface area contributed by atoms with Crippen molar-refractivity contribution in [2.75, 3.05) is 0 Å². The number of esters is 1. The van der Waals surface area contributed by atoms with Crippen LogP contribution < -0.4 is 4.74 Å². The Morgan fingerprint density at radius 2 is 1.68 bits per heavy atom. The molecule has 0 radical (unpaired) electrons. The predicted molar refractivity (Wildman–Crippen MR) is 120 cm³/mol. The number of carbonyl (C=O) groups excluding carboxylic acids is 1. The lowest BCUT2D eigenvalue weighted by atomic mass is 10.00. The first-order valence-electron chi connectivity index (χ1n) is 9.74. The number of phenols is 1. The van der Waals surface area contributed by atoms with Crippen LogP contribution in [0.1, 0.15) is 32.6 Å². The van der Waals surface area contributed by atoms with Gasteiger partial charge in [-0.2, -0.15) is 0 Å². The monoisotopic (exact) mass is 413 g/mol. The summed E-state index contributed by atoms with van der Waals surface area (Å²) in [6.07, 6.45) is 7.11. The van der Waals surface area contributed by atoms with Crippen LogP contribution in [0.4, 0.5) is 4.39 Å². The van der Waals surface area contributed by atoms with Crippen LogP contribution in [0.3, 0.4) is 0 Å². The molecule has 0 aliphatic heterocycles. The van der Waals surface area contributed by atoms with Gasteiger partial charge < -0.3 is 9.84 Å². The third-order valence-electron chi connectivity index (χ3n) is 5.02. The van der Waals surface area contributed by atoms with Crippen molar-refractivity contribution < 1.29 is 19.0 Å². The first kappa shape index (κ1) is 20.3. The van der Waals surface area contributed by atoms with Gasteiger partial charge in [0.15, 0.2) is 0 Å². The second-order valence-corrected chi connectivity index (χ2v) is 7.34. The zero-order chi connectivity index (χ0) is 22.0. The number of aryl methyl sites for hydroxylation is 2. The molecule has 0 amide bonds. The molecule has 0 saturated carbocycles. The standard InChI is InChI=1S/C26H20FNO3/c1-16-11-18(12-17(2)25(16)29)3-4-20-13-21-15-28-10-9-19(21)14-24(20)26(30)31-23-7-5-22(27)6-8-23/h3-15,29H,1-2H3. The van der Waals surface area contributed by atoms with Crippen molar-refractivity contribution >= 4 is 28.9 Å². The summed E-state index contributed by atoms with van der Waals surface area (Å²) in [7, 11) is 0. The first-order valence-corrected chi connectivity index (χ1v) is 9.74. The number of nitrogens with zero attached hydrogens (tertiary/aromatic N) is 1. The van der Waals surface area contributed by atoms with Gasteiger partial charge in [0.05, 0.1) is 5.56 Å². The molecular formula is C26H20FNO3. The van der Waals surface area contributed by atoms with E-state index in [2.05, 4.69) is 4.98 Å². The number of rotatable bonds is 4. The minimum absolute atomic E-state index is 0.265. The summed E-state index contributed by atoms with van der Waals surface area (Å²) in [5, 5.41) is 11.7. The van der Waals surface area contributed by atoms with Crippen LogP contribution in [-0.2, 0) is 0 Å². The van der Waals surface area contributed by atoms with Gasteiger partial charge in [-0.25, -0.2) is 9.18 Å². The molecule has 0 fully saturated rings. The molecule has 31 heavy (non-hydrogen) atoms. The van der Waals surface area contributed by atoms with E-state index in [1.165, 1.54) is 24.3 Å². The molecule has 0 aliphatic carbocycles. The molecule has 154 valence electrons. The molecular weight excluding hydrogens is 393 g/mol. The summed E-state index contributed by atoms with van der Waals surface area (Å²) >= 11 is 0. The van der Waals surface area contributed by atoms with E-state index in [0.29, 0.717) is 11.1 Å². The Bertz CT molecular complexity index is 1290. The van der Waals surface area contributed by atoms with Crippen molar-refractivity contribution in [2.45, 2.75) is 13.8 Å². The second kappa shape index (κ2) is 8.40. The van der Waals surface area contributed by atoms with Gasteiger partial charge in [0.25, 0.3) is 0 Å². The minimum Gasteiger partial charge on any atom is -0.507 e. The first-order chi connectivity index (χ1) is 14.9. The molecule has 0 bridgehead atoms. The normalized spacial score (nSPS) is 11.2. The molecule has 1 aromatic heterocycles. The predicted octanol–water partition coefficient (Wildman–Crippen LogP) is 6.09. The molecule has 5 heteroatoms. The molecule has 4 rings (SSSR count). The van der Waals surface area contributed by atoms with Gasteiger partial charge >= 0.3 is 5.97 Å². The van der Waals surface area contributed by atoms with Crippen LogP contribution in [0.2, 0.25) is 0 Å². The molecule has 0 unspecified atom stereocenters. The lowest BCUT2D eigenvalue weighted by Crippen LogP contribution is -2.10. The van der Waals surface area contributed by atoms with Crippen LogP contribution in [0.15, 0.2) is 67.0 Å². The highest BCUT2D eigenvalue weighted by Gasteiger charge is 2.14. The fourth-order valence-corrected chi connectivity index (χ4v) is 3.40. The molecule has 1 N–H and O–H groups in total. The number of hydrogen-bond acceptors (Lipinski definition) is 4. The van der Waals surface area contributed by atoms with Gasteiger partial charge in [0.1, 0.15) is 17.3 Å². The van der Waals surface area contributed by atoms with Crippen molar-refractivity contribution in [3.8, 4) is 11.5 Å². The minimum atomic E-state index is -0.539. The fraction of sp³-hybridized carbons (Fsp3) is 0.0769. The summed E-state index contributed by atoms with van der Waals surface area (Å²) in [5.41, 5.74) is 3.50. The lowest BCUT2D eigenvalue weighted by molar-refractivity contribution is 0.0734. The Kier molecular flexibility index (Phi) is 5.50. The van der Waals surface area contributed by atoms with Crippen molar-refractivity contribution in [3.63, 3.8) is 0 Å². The van der Waals surface area contributed by atoms with Gasteiger partial charge in [-0.1, -0.05) is 12.2 Å². The van der Waals surface area contributed by atoms with Crippen LogP contribution >= 0.6 is 0 Å². The molecule has 3 aromatic carbocycles. The summed E-state index contributed by atoms with van der Waals surface area (Å²) in [5.74, 6) is -0.400. The summed E-state index contributed by atoms with van der Waals surface area (Å²) < 4.78 is 18.6. The number of benzene rings is 3. The highest BCUT2D eigenvalue weighted by molar-refractivity contribution is 6.01. The number of halogens is 1. The van der Waals surface area contributed by atoms with E-state index in [9.17, 15) is 14.3 Å². The van der Waals surface area contributed by atoms with Crippen molar-refractivity contribution in [3.05, 3.63) is 101 Å². The number of aromatic nitrogens is 1. The van der Waals surface area contributed by atoms with Crippen LogP contribution in [0, 0.1) is 19.7 Å². The van der Waals surface area contributed by atoms with Gasteiger partial charge in [0.2, 0.25) is 0 Å². The Balaban J connectivity index is 1.74. The van der Waals surface area contributed by atoms with E-state index in [-0.39, 0.29) is 11.5 Å². The number of phenolic OH excluding ortho intramolecular Hbond substituents is 1. The maximum Gasteiger partial charge on any atom is 0.344 e. The summed E-state index contributed by atoms with van der Waals surface area (Å²) in [4.78, 5) is 17.1. The number of hydrogen-bond donors (Lipinski definition) is 1. The maximum absolute atomic E-state index is 13.2. The fourth-order valence-electron chi connectivity index (χ4n) is 3.40. The number of aromatic hydroxyl groups is 1. The van der Waals surface area contributed by atoms with E-state index in [0.717, 1.165) is 27.5 Å². The highest BCUT2D eigenvalue weighted by Crippen LogP contribution is 2.26.